The molecule has 1 radical (unpaired) electrons. The molecule has 0 N–H and O–H groups in total. The Kier molecular flexibility index (Phi) is 1.05. The molecule has 0 unspecified atom stereocenters. The maximum atomic E-state index is 10.9. The monoisotopic (exact) mass is 159 g/mol. The molecule has 0 heterocycles. The molecule has 2 bridgehead atoms. The summed E-state index contributed by atoms with van der Waals surface area (Å²) < 4.78 is 21.7. The lowest BCUT2D eigenvalue weighted by Crippen LogP contribution is -2.53. The van der Waals surface area contributed by atoms with Crippen molar-refractivity contribution < 1.29 is 8.42 Å². The summed E-state index contributed by atoms with van der Waals surface area (Å²) in [7, 11) is -2.72. The van der Waals surface area contributed by atoms with Gasteiger partial charge in [0, 0.05) is 6.26 Å². The molecule has 0 atom stereocenters. The first-order valence-corrected chi connectivity index (χ1v) is 5.57. The Balaban J connectivity index is 2.03. The van der Waals surface area contributed by atoms with Gasteiger partial charge in [0.25, 0.3) is 0 Å². The number of hydrogen-bond donors (Lipinski definition) is 0. The topological polar surface area (TPSA) is 34.1 Å². The van der Waals surface area contributed by atoms with Crippen LogP contribution in [0, 0.1) is 11.3 Å². The van der Waals surface area contributed by atoms with Crippen LogP contribution in [0.2, 0.25) is 0 Å². The van der Waals surface area contributed by atoms with Crippen molar-refractivity contribution in [3.05, 3.63) is 5.92 Å². The van der Waals surface area contributed by atoms with Gasteiger partial charge in [-0.1, -0.05) is 0 Å². The molecule has 3 fully saturated rings. The van der Waals surface area contributed by atoms with E-state index in [2.05, 4.69) is 0 Å². The van der Waals surface area contributed by atoms with Crippen LogP contribution >= 0.6 is 0 Å². The molecule has 3 aliphatic carbocycles. The SMILES string of the molecule is CS(=O)(=O)CC12C[C](C1)C2. The van der Waals surface area contributed by atoms with Crippen LogP contribution in [-0.2, 0) is 9.84 Å². The number of hydrogen-bond acceptors (Lipinski definition) is 2. The molecule has 3 saturated carbocycles. The molecule has 3 rings (SSSR count). The van der Waals surface area contributed by atoms with Crippen LogP contribution < -0.4 is 0 Å². The minimum Gasteiger partial charge on any atom is -0.229 e. The molecular weight excluding hydrogens is 148 g/mol. The Morgan fingerprint density at radius 2 is 1.90 bits per heavy atom. The molecule has 3 aliphatic rings. The van der Waals surface area contributed by atoms with E-state index >= 15 is 0 Å². The predicted molar refractivity (Wildman–Crippen MR) is 39.2 cm³/mol. The van der Waals surface area contributed by atoms with Gasteiger partial charge in [-0.3, -0.25) is 0 Å². The van der Waals surface area contributed by atoms with E-state index in [4.69, 9.17) is 0 Å². The smallest absolute Gasteiger partial charge is 0.148 e. The van der Waals surface area contributed by atoms with Gasteiger partial charge in [0.1, 0.15) is 9.84 Å². The van der Waals surface area contributed by atoms with Crippen molar-refractivity contribution in [2.75, 3.05) is 12.0 Å². The summed E-state index contributed by atoms with van der Waals surface area (Å²) in [4.78, 5) is 0. The second-order valence-electron chi connectivity index (χ2n) is 3.85. The van der Waals surface area contributed by atoms with Crippen molar-refractivity contribution in [1.82, 2.24) is 0 Å². The molecular formula is C7H11O2S. The summed E-state index contributed by atoms with van der Waals surface area (Å²) in [5, 5.41) is 0. The molecule has 0 aromatic rings. The minimum absolute atomic E-state index is 0.225. The fraction of sp³-hybridized carbons (Fsp3) is 0.857. The summed E-state index contributed by atoms with van der Waals surface area (Å²) in [6.45, 7) is 0. The second-order valence-corrected chi connectivity index (χ2v) is 5.99. The third-order valence-electron chi connectivity index (χ3n) is 2.44. The molecule has 3 heteroatoms. The van der Waals surface area contributed by atoms with Crippen molar-refractivity contribution in [3.63, 3.8) is 0 Å². The van der Waals surface area contributed by atoms with Crippen LogP contribution in [-0.4, -0.2) is 20.4 Å². The minimum atomic E-state index is -2.72. The van der Waals surface area contributed by atoms with Crippen molar-refractivity contribution in [2.45, 2.75) is 19.3 Å². The van der Waals surface area contributed by atoms with Gasteiger partial charge in [-0.25, -0.2) is 8.42 Å². The first-order valence-electron chi connectivity index (χ1n) is 3.51. The van der Waals surface area contributed by atoms with Crippen molar-refractivity contribution >= 4 is 9.84 Å². The van der Waals surface area contributed by atoms with Crippen LogP contribution in [0.25, 0.3) is 0 Å². The van der Waals surface area contributed by atoms with E-state index in [1.807, 2.05) is 0 Å². The zero-order chi connectivity index (χ0) is 7.41. The highest BCUT2D eigenvalue weighted by molar-refractivity contribution is 7.90. The van der Waals surface area contributed by atoms with Crippen molar-refractivity contribution in [1.29, 1.82) is 0 Å². The standard InChI is InChI=1S/C7H11O2S/c1-10(8,9)5-7-2-6(3-7)4-7/h2-5H2,1H3. The van der Waals surface area contributed by atoms with E-state index in [-0.39, 0.29) is 5.41 Å². The van der Waals surface area contributed by atoms with E-state index in [0.29, 0.717) is 5.75 Å². The zero-order valence-electron chi connectivity index (χ0n) is 6.05. The lowest BCUT2D eigenvalue weighted by Gasteiger charge is -2.61. The molecule has 57 valence electrons. The largest absolute Gasteiger partial charge is 0.229 e. The third kappa shape index (κ3) is 0.875. The van der Waals surface area contributed by atoms with Crippen LogP contribution in [0.1, 0.15) is 19.3 Å². The predicted octanol–water partition coefficient (Wildman–Crippen LogP) is 0.789. The highest BCUT2D eigenvalue weighted by atomic mass is 32.2. The van der Waals surface area contributed by atoms with Gasteiger partial charge in [-0.15, -0.1) is 0 Å². The highest BCUT2D eigenvalue weighted by Crippen LogP contribution is 2.66. The van der Waals surface area contributed by atoms with E-state index in [0.717, 1.165) is 19.3 Å². The molecule has 0 aromatic heterocycles. The lowest BCUT2D eigenvalue weighted by molar-refractivity contribution is 0.0534. The second kappa shape index (κ2) is 1.58. The summed E-state index contributed by atoms with van der Waals surface area (Å²) in [5.41, 5.74) is 0.225. The Hall–Kier alpha value is -0.0500. The summed E-state index contributed by atoms with van der Waals surface area (Å²) in [6.07, 6.45) is 4.62. The van der Waals surface area contributed by atoms with Gasteiger partial charge in [-0.2, -0.15) is 0 Å². The van der Waals surface area contributed by atoms with Gasteiger partial charge < -0.3 is 0 Å². The van der Waals surface area contributed by atoms with Gasteiger partial charge in [0.15, 0.2) is 0 Å². The van der Waals surface area contributed by atoms with Crippen LogP contribution in [0.15, 0.2) is 0 Å². The van der Waals surface area contributed by atoms with Gasteiger partial charge >= 0.3 is 0 Å². The third-order valence-corrected chi connectivity index (χ3v) is 3.58. The van der Waals surface area contributed by atoms with Crippen LogP contribution in [0.5, 0.6) is 0 Å². The maximum absolute atomic E-state index is 10.9. The Morgan fingerprint density at radius 3 is 2.00 bits per heavy atom. The number of sulfone groups is 1. The van der Waals surface area contributed by atoms with E-state index in [1.54, 1.807) is 5.92 Å². The van der Waals surface area contributed by atoms with Crippen molar-refractivity contribution in [2.24, 2.45) is 5.41 Å². The fourth-order valence-corrected chi connectivity index (χ4v) is 3.56. The molecule has 0 amide bonds. The molecule has 0 spiro atoms. The molecule has 0 aliphatic heterocycles. The Bertz CT molecular complexity index is 236. The summed E-state index contributed by atoms with van der Waals surface area (Å²) in [6, 6.07) is 0. The molecule has 0 aromatic carbocycles. The number of rotatable bonds is 2. The Morgan fingerprint density at radius 1 is 1.40 bits per heavy atom. The highest BCUT2D eigenvalue weighted by Gasteiger charge is 2.57. The van der Waals surface area contributed by atoms with Crippen LogP contribution in [0.3, 0.4) is 0 Å². The van der Waals surface area contributed by atoms with E-state index in [1.165, 1.54) is 6.26 Å². The Labute approximate surface area is 61.5 Å². The van der Waals surface area contributed by atoms with Gasteiger partial charge in [0.2, 0.25) is 0 Å². The fourth-order valence-electron chi connectivity index (χ4n) is 2.14. The van der Waals surface area contributed by atoms with Gasteiger partial charge in [-0.05, 0) is 30.6 Å². The van der Waals surface area contributed by atoms with E-state index < -0.39 is 9.84 Å². The first kappa shape index (κ1) is 6.65. The molecule has 10 heavy (non-hydrogen) atoms. The van der Waals surface area contributed by atoms with Crippen LogP contribution in [0.4, 0.5) is 0 Å². The van der Waals surface area contributed by atoms with E-state index in [9.17, 15) is 8.42 Å². The summed E-state index contributed by atoms with van der Waals surface area (Å²) in [5.74, 6) is 1.99. The normalized spacial score (nSPS) is 28.9. The first-order chi connectivity index (χ1) is 4.49. The molecule has 2 nitrogen and oxygen atoms in total. The summed E-state index contributed by atoms with van der Waals surface area (Å²) >= 11 is 0. The lowest BCUT2D eigenvalue weighted by atomic mass is 9.45. The quantitative estimate of drug-likeness (QED) is 0.597. The zero-order valence-corrected chi connectivity index (χ0v) is 6.87. The van der Waals surface area contributed by atoms with Gasteiger partial charge in [0.05, 0.1) is 5.75 Å². The molecule has 0 saturated heterocycles. The average molecular weight is 159 g/mol. The average Bonchev–Trinajstić information content (AvgIpc) is 1.48. The van der Waals surface area contributed by atoms with Crippen molar-refractivity contribution in [3.8, 4) is 0 Å². The maximum Gasteiger partial charge on any atom is 0.148 e.